The average Bonchev–Trinajstić information content (AvgIpc) is 2.92. The summed E-state index contributed by atoms with van der Waals surface area (Å²) in [7, 11) is 0. The van der Waals surface area contributed by atoms with Crippen molar-refractivity contribution in [1.82, 2.24) is 0 Å². The van der Waals surface area contributed by atoms with Crippen LogP contribution in [0.5, 0.6) is 0 Å². The summed E-state index contributed by atoms with van der Waals surface area (Å²) in [4.78, 5) is 4.78. The normalized spacial score (nSPS) is 58.5. The average molecular weight is 203 g/mol. The molecule has 4 aliphatic rings. The van der Waals surface area contributed by atoms with E-state index in [1.165, 1.54) is 32.1 Å². The Kier molecular flexibility index (Phi) is 1.37. The summed E-state index contributed by atoms with van der Waals surface area (Å²) in [6, 6.07) is 0.607. The van der Waals surface area contributed by atoms with Gasteiger partial charge in [-0.2, -0.15) is 0 Å². The first-order valence-corrected chi connectivity index (χ1v) is 6.68. The first-order chi connectivity index (χ1) is 7.17. The Bertz CT molecular complexity index is 339. The molecular weight excluding hydrogens is 182 g/mol. The minimum atomic E-state index is 0.607. The molecule has 3 aliphatic carbocycles. The molecule has 3 saturated carbocycles. The van der Waals surface area contributed by atoms with Gasteiger partial charge in [-0.25, -0.2) is 0 Å². The fourth-order valence-corrected chi connectivity index (χ4v) is 5.42. The van der Waals surface area contributed by atoms with Crippen LogP contribution in [0.15, 0.2) is 4.99 Å². The number of rotatable bonds is 0. The van der Waals surface area contributed by atoms with E-state index in [0.29, 0.717) is 11.5 Å². The Hall–Kier alpha value is -0.330. The van der Waals surface area contributed by atoms with E-state index in [4.69, 9.17) is 4.99 Å². The summed E-state index contributed by atoms with van der Waals surface area (Å²) in [5.74, 6) is 2.97. The van der Waals surface area contributed by atoms with Crippen LogP contribution in [0.3, 0.4) is 0 Å². The third kappa shape index (κ3) is 0.819. The zero-order chi connectivity index (χ0) is 10.3. The van der Waals surface area contributed by atoms with E-state index < -0.39 is 0 Å². The Balaban J connectivity index is 1.82. The lowest BCUT2D eigenvalue weighted by Crippen LogP contribution is -2.46. The molecule has 15 heavy (non-hydrogen) atoms. The van der Waals surface area contributed by atoms with E-state index in [1.54, 1.807) is 0 Å². The SMILES string of the molecule is CC1N=CCC2CC3C2(C)CC1C31CC1. The molecule has 1 spiro atoms. The smallest absolute Gasteiger partial charge is 0.0501 e. The summed E-state index contributed by atoms with van der Waals surface area (Å²) in [6.07, 6.45) is 9.55. The van der Waals surface area contributed by atoms with Gasteiger partial charge in [-0.3, -0.25) is 4.99 Å². The summed E-state index contributed by atoms with van der Waals surface area (Å²) in [5.41, 5.74) is 1.48. The predicted octanol–water partition coefficient (Wildman–Crippen LogP) is 3.29. The molecule has 3 fully saturated rings. The lowest BCUT2D eigenvalue weighted by molar-refractivity contribution is -0.0298. The first kappa shape index (κ1) is 8.78. The second-order valence-corrected chi connectivity index (χ2v) is 6.84. The molecule has 5 atom stereocenters. The molecule has 0 N–H and O–H groups in total. The molecule has 0 aromatic heterocycles. The van der Waals surface area contributed by atoms with Crippen LogP contribution in [0.25, 0.3) is 0 Å². The van der Waals surface area contributed by atoms with E-state index in [0.717, 1.165) is 23.2 Å². The molecule has 1 nitrogen and oxygen atoms in total. The second-order valence-electron chi connectivity index (χ2n) is 6.84. The Morgan fingerprint density at radius 3 is 2.87 bits per heavy atom. The van der Waals surface area contributed by atoms with Gasteiger partial charge in [0.05, 0.1) is 6.04 Å². The fourth-order valence-electron chi connectivity index (χ4n) is 5.42. The van der Waals surface area contributed by atoms with E-state index in [-0.39, 0.29) is 0 Å². The number of aliphatic imine (C=N–C) groups is 1. The molecule has 0 aromatic carbocycles. The van der Waals surface area contributed by atoms with Crippen LogP contribution in [0.2, 0.25) is 0 Å². The maximum atomic E-state index is 4.78. The van der Waals surface area contributed by atoms with Gasteiger partial charge in [0.1, 0.15) is 0 Å². The van der Waals surface area contributed by atoms with Gasteiger partial charge in [0.15, 0.2) is 0 Å². The van der Waals surface area contributed by atoms with Gasteiger partial charge < -0.3 is 0 Å². The molecule has 0 aromatic rings. The summed E-state index contributed by atoms with van der Waals surface area (Å²) < 4.78 is 0. The minimum Gasteiger partial charge on any atom is -0.294 e. The molecule has 1 heterocycles. The Morgan fingerprint density at radius 1 is 1.33 bits per heavy atom. The van der Waals surface area contributed by atoms with Crippen molar-refractivity contribution in [3.63, 3.8) is 0 Å². The van der Waals surface area contributed by atoms with Gasteiger partial charge in [0, 0.05) is 0 Å². The molecule has 0 radical (unpaired) electrons. The van der Waals surface area contributed by atoms with E-state index in [9.17, 15) is 0 Å². The third-order valence-electron chi connectivity index (χ3n) is 6.48. The van der Waals surface area contributed by atoms with Gasteiger partial charge in [-0.1, -0.05) is 6.92 Å². The van der Waals surface area contributed by atoms with Crippen molar-refractivity contribution in [2.75, 3.05) is 0 Å². The van der Waals surface area contributed by atoms with Crippen molar-refractivity contribution in [1.29, 1.82) is 0 Å². The third-order valence-corrected chi connectivity index (χ3v) is 6.48. The first-order valence-electron chi connectivity index (χ1n) is 6.68. The molecule has 0 amide bonds. The number of hydrogen-bond acceptors (Lipinski definition) is 1. The van der Waals surface area contributed by atoms with Gasteiger partial charge in [-0.05, 0) is 73.8 Å². The van der Waals surface area contributed by atoms with Gasteiger partial charge in [0.2, 0.25) is 0 Å². The zero-order valence-electron chi connectivity index (χ0n) is 9.87. The minimum absolute atomic E-state index is 0.607. The van der Waals surface area contributed by atoms with Crippen LogP contribution >= 0.6 is 0 Å². The quantitative estimate of drug-likeness (QED) is 0.573. The van der Waals surface area contributed by atoms with E-state index in [2.05, 4.69) is 20.1 Å². The second kappa shape index (κ2) is 2.33. The van der Waals surface area contributed by atoms with Crippen molar-refractivity contribution < 1.29 is 0 Å². The lowest BCUT2D eigenvalue weighted by atomic mass is 9.52. The standard InChI is InChI=1S/C14H21N/c1-9-11-8-13(2)10(3-6-15-9)7-12(13)14(11)4-5-14/h6,9-12H,3-5,7-8H2,1-2H3. The number of hydrogen-bond donors (Lipinski definition) is 0. The number of fused-ring (bicyclic) bond motifs is 3. The Morgan fingerprint density at radius 2 is 2.13 bits per heavy atom. The lowest BCUT2D eigenvalue weighted by Gasteiger charge is -2.52. The highest BCUT2D eigenvalue weighted by molar-refractivity contribution is 5.59. The molecule has 2 bridgehead atoms. The van der Waals surface area contributed by atoms with E-state index >= 15 is 0 Å². The number of nitrogens with zero attached hydrogens (tertiary/aromatic N) is 1. The largest absolute Gasteiger partial charge is 0.294 e. The van der Waals surface area contributed by atoms with Crippen LogP contribution in [-0.2, 0) is 0 Å². The summed E-state index contributed by atoms with van der Waals surface area (Å²) >= 11 is 0. The van der Waals surface area contributed by atoms with Crippen molar-refractivity contribution in [2.24, 2.45) is 33.6 Å². The predicted molar refractivity (Wildman–Crippen MR) is 62.0 cm³/mol. The highest BCUT2D eigenvalue weighted by Gasteiger charge is 2.72. The van der Waals surface area contributed by atoms with Crippen molar-refractivity contribution in [3.8, 4) is 0 Å². The summed E-state index contributed by atoms with van der Waals surface area (Å²) in [6.45, 7) is 4.94. The molecule has 5 unspecified atom stereocenters. The van der Waals surface area contributed by atoms with Crippen molar-refractivity contribution in [3.05, 3.63) is 0 Å². The maximum Gasteiger partial charge on any atom is 0.0501 e. The van der Waals surface area contributed by atoms with Crippen LogP contribution in [0.4, 0.5) is 0 Å². The topological polar surface area (TPSA) is 12.4 Å². The van der Waals surface area contributed by atoms with Gasteiger partial charge in [-0.15, -0.1) is 0 Å². The van der Waals surface area contributed by atoms with E-state index in [1.807, 2.05) is 0 Å². The molecule has 4 rings (SSSR count). The zero-order valence-corrected chi connectivity index (χ0v) is 9.87. The molecular formula is C14H21N. The van der Waals surface area contributed by atoms with Crippen LogP contribution < -0.4 is 0 Å². The molecule has 82 valence electrons. The monoisotopic (exact) mass is 203 g/mol. The highest BCUT2D eigenvalue weighted by Crippen LogP contribution is 2.79. The van der Waals surface area contributed by atoms with Crippen molar-refractivity contribution in [2.45, 2.75) is 52.0 Å². The fraction of sp³-hybridized carbons (Fsp3) is 0.929. The van der Waals surface area contributed by atoms with Crippen molar-refractivity contribution >= 4 is 6.21 Å². The van der Waals surface area contributed by atoms with Crippen LogP contribution in [0.1, 0.15) is 46.0 Å². The maximum absolute atomic E-state index is 4.78. The highest BCUT2D eigenvalue weighted by atomic mass is 14.9. The summed E-state index contributed by atoms with van der Waals surface area (Å²) in [5, 5.41) is 0. The molecule has 1 aliphatic heterocycles. The van der Waals surface area contributed by atoms with Gasteiger partial charge >= 0.3 is 0 Å². The van der Waals surface area contributed by atoms with Crippen LogP contribution in [0, 0.1) is 28.6 Å². The Labute approximate surface area is 92.4 Å². The van der Waals surface area contributed by atoms with Gasteiger partial charge in [0.25, 0.3) is 0 Å². The molecule has 0 saturated heterocycles. The molecule has 1 heteroatoms. The van der Waals surface area contributed by atoms with Crippen LogP contribution in [-0.4, -0.2) is 12.3 Å².